The standard InChI is InChI=1S/C23H29ClO7/c1-10-16(13(26)6-14(27)18(10)24)20(29)31-15-8-22(4)17-11(7-21(2,3)19(17)28)5-12(9-25)23(15,22)30/h5-6,11,15,17,19,25-28,30H,7-9H2,1-4H3/t11-,15-,17?,19-,22-,23+/m1/s1. The summed E-state index contributed by atoms with van der Waals surface area (Å²) in [5.41, 5.74) is -2.40. The summed E-state index contributed by atoms with van der Waals surface area (Å²) < 4.78 is 5.61. The lowest BCUT2D eigenvalue weighted by Crippen LogP contribution is -2.74. The third-order valence-electron chi connectivity index (χ3n) is 8.03. The van der Waals surface area contributed by atoms with Gasteiger partial charge in [0, 0.05) is 17.4 Å². The Morgan fingerprint density at radius 2 is 1.87 bits per heavy atom. The number of aliphatic hydroxyl groups is 3. The molecule has 170 valence electrons. The Hall–Kier alpha value is -1.80. The second kappa shape index (κ2) is 6.85. The van der Waals surface area contributed by atoms with Crippen LogP contribution < -0.4 is 0 Å². The number of halogens is 1. The Labute approximate surface area is 185 Å². The van der Waals surface area contributed by atoms with Crippen molar-refractivity contribution in [2.24, 2.45) is 22.7 Å². The van der Waals surface area contributed by atoms with Crippen LogP contribution in [0, 0.1) is 29.6 Å². The van der Waals surface area contributed by atoms with E-state index in [1.54, 1.807) is 0 Å². The molecule has 2 saturated carbocycles. The predicted octanol–water partition coefficient (Wildman–Crippen LogP) is 2.68. The van der Waals surface area contributed by atoms with Gasteiger partial charge in [0.25, 0.3) is 0 Å². The molecule has 2 fully saturated rings. The third-order valence-corrected chi connectivity index (χ3v) is 8.51. The van der Waals surface area contributed by atoms with E-state index in [0.29, 0.717) is 12.0 Å². The summed E-state index contributed by atoms with van der Waals surface area (Å²) in [5, 5.41) is 52.6. The monoisotopic (exact) mass is 452 g/mol. The number of rotatable bonds is 3. The zero-order chi connectivity index (χ0) is 23.1. The molecule has 3 aliphatic rings. The first-order valence-electron chi connectivity index (χ1n) is 10.4. The molecule has 0 amide bonds. The lowest BCUT2D eigenvalue weighted by atomic mass is 9.43. The van der Waals surface area contributed by atoms with Crippen molar-refractivity contribution >= 4 is 17.6 Å². The SMILES string of the molecule is Cc1c(Cl)c(O)cc(O)c1C(=O)O[C@@H]1C[C@]2(C)C3[C@H](C=C(CO)[C@]12O)CC(C)(C)[C@@H]3O. The number of esters is 1. The van der Waals surface area contributed by atoms with Gasteiger partial charge in [-0.25, -0.2) is 4.79 Å². The van der Waals surface area contributed by atoms with Crippen LogP contribution in [0.2, 0.25) is 5.02 Å². The molecule has 0 aliphatic heterocycles. The van der Waals surface area contributed by atoms with Crippen LogP contribution >= 0.6 is 11.6 Å². The first-order chi connectivity index (χ1) is 14.3. The maximum Gasteiger partial charge on any atom is 0.342 e. The molecule has 6 atom stereocenters. The number of hydrogen-bond donors (Lipinski definition) is 5. The molecule has 0 aromatic heterocycles. The van der Waals surface area contributed by atoms with Crippen molar-refractivity contribution in [3.8, 4) is 11.5 Å². The molecule has 4 rings (SSSR count). The van der Waals surface area contributed by atoms with Gasteiger partial charge in [0.1, 0.15) is 28.8 Å². The molecule has 1 aromatic carbocycles. The smallest absolute Gasteiger partial charge is 0.342 e. The number of phenolic OH excluding ortho intramolecular Hbond substituents is 2. The number of aromatic hydroxyl groups is 2. The highest BCUT2D eigenvalue weighted by atomic mass is 35.5. The molecule has 8 heteroatoms. The Kier molecular flexibility index (Phi) is 4.95. The van der Waals surface area contributed by atoms with Gasteiger partial charge in [-0.2, -0.15) is 0 Å². The minimum atomic E-state index is -1.63. The quantitative estimate of drug-likeness (QED) is 0.352. The number of benzene rings is 1. The van der Waals surface area contributed by atoms with Gasteiger partial charge in [0.15, 0.2) is 0 Å². The van der Waals surface area contributed by atoms with Crippen molar-refractivity contribution < 1.29 is 35.1 Å². The molecule has 7 nitrogen and oxygen atoms in total. The number of allylic oxidation sites excluding steroid dienone is 1. The Morgan fingerprint density at radius 1 is 1.23 bits per heavy atom. The largest absolute Gasteiger partial charge is 0.507 e. The van der Waals surface area contributed by atoms with Crippen molar-refractivity contribution in [1.82, 2.24) is 0 Å². The van der Waals surface area contributed by atoms with Crippen molar-refractivity contribution in [3.63, 3.8) is 0 Å². The summed E-state index contributed by atoms with van der Waals surface area (Å²) in [4.78, 5) is 12.9. The highest BCUT2D eigenvalue weighted by molar-refractivity contribution is 6.33. The fourth-order valence-corrected chi connectivity index (χ4v) is 6.49. The maximum absolute atomic E-state index is 12.9. The van der Waals surface area contributed by atoms with Crippen LogP contribution in [0.4, 0.5) is 0 Å². The minimum absolute atomic E-state index is 0.0104. The molecule has 0 heterocycles. The first-order valence-corrected chi connectivity index (χ1v) is 10.8. The number of hydrogen-bond acceptors (Lipinski definition) is 7. The molecule has 5 N–H and O–H groups in total. The molecule has 1 aromatic rings. The van der Waals surface area contributed by atoms with Crippen LogP contribution in [-0.4, -0.2) is 55.9 Å². The molecule has 0 radical (unpaired) electrons. The van der Waals surface area contributed by atoms with Crippen molar-refractivity contribution in [1.29, 1.82) is 0 Å². The van der Waals surface area contributed by atoms with Gasteiger partial charge in [-0.3, -0.25) is 0 Å². The summed E-state index contributed by atoms with van der Waals surface area (Å²) in [7, 11) is 0. The summed E-state index contributed by atoms with van der Waals surface area (Å²) in [6.07, 6.45) is 1.24. The lowest BCUT2D eigenvalue weighted by Gasteiger charge is -2.65. The number of phenols is 2. The zero-order valence-electron chi connectivity index (χ0n) is 18.0. The van der Waals surface area contributed by atoms with Gasteiger partial charge >= 0.3 is 5.97 Å². The van der Waals surface area contributed by atoms with E-state index in [-0.39, 0.29) is 39.1 Å². The van der Waals surface area contributed by atoms with E-state index in [9.17, 15) is 30.3 Å². The summed E-state index contributed by atoms with van der Waals surface area (Å²) in [6.45, 7) is 6.92. The average Bonchev–Trinajstić information content (AvgIpc) is 2.91. The van der Waals surface area contributed by atoms with Crippen molar-refractivity contribution in [2.75, 3.05) is 6.61 Å². The third kappa shape index (κ3) is 2.80. The van der Waals surface area contributed by atoms with E-state index in [1.807, 2.05) is 26.8 Å². The van der Waals surface area contributed by atoms with Crippen molar-refractivity contribution in [3.05, 3.63) is 33.9 Å². The first kappa shape index (κ1) is 22.4. The summed E-state index contributed by atoms with van der Waals surface area (Å²) in [5.74, 6) is -1.95. The number of carbonyl (C=O) groups excluding carboxylic acids is 1. The van der Waals surface area contributed by atoms with E-state index >= 15 is 0 Å². The van der Waals surface area contributed by atoms with Crippen molar-refractivity contribution in [2.45, 2.75) is 58.3 Å². The molecule has 0 bridgehead atoms. The Balaban J connectivity index is 1.68. The molecule has 0 saturated heterocycles. The van der Waals surface area contributed by atoms with Gasteiger partial charge in [-0.15, -0.1) is 0 Å². The van der Waals surface area contributed by atoms with Crippen LogP contribution in [0.1, 0.15) is 49.5 Å². The average molecular weight is 453 g/mol. The van der Waals surface area contributed by atoms with E-state index in [0.717, 1.165) is 12.5 Å². The fraction of sp³-hybridized carbons (Fsp3) is 0.609. The molecular formula is C23H29ClO7. The molecule has 31 heavy (non-hydrogen) atoms. The van der Waals surface area contributed by atoms with Gasteiger partial charge < -0.3 is 30.3 Å². The van der Waals surface area contributed by atoms with Crippen LogP contribution in [0.25, 0.3) is 0 Å². The van der Waals surface area contributed by atoms with E-state index in [4.69, 9.17) is 16.3 Å². The predicted molar refractivity (Wildman–Crippen MR) is 113 cm³/mol. The molecular weight excluding hydrogens is 424 g/mol. The topological polar surface area (TPSA) is 127 Å². The molecule has 1 unspecified atom stereocenters. The number of carbonyl (C=O) groups is 1. The van der Waals surface area contributed by atoms with E-state index in [2.05, 4.69) is 0 Å². The summed E-state index contributed by atoms with van der Waals surface area (Å²) >= 11 is 6.00. The zero-order valence-corrected chi connectivity index (χ0v) is 18.8. The number of fused-ring (bicyclic) bond motifs is 3. The Morgan fingerprint density at radius 3 is 2.48 bits per heavy atom. The second-order valence-corrected chi connectivity index (χ2v) is 10.6. The van der Waals surface area contributed by atoms with E-state index < -0.39 is 41.5 Å². The fourth-order valence-electron chi connectivity index (χ4n) is 6.34. The Bertz CT molecular complexity index is 987. The highest BCUT2D eigenvalue weighted by Crippen LogP contribution is 2.68. The van der Waals surface area contributed by atoms with Gasteiger partial charge in [-0.1, -0.05) is 38.4 Å². The van der Waals surface area contributed by atoms with E-state index in [1.165, 1.54) is 6.92 Å². The lowest BCUT2D eigenvalue weighted by molar-refractivity contribution is -0.260. The highest BCUT2D eigenvalue weighted by Gasteiger charge is 2.74. The van der Waals surface area contributed by atoms with Crippen LogP contribution in [-0.2, 0) is 4.74 Å². The second-order valence-electron chi connectivity index (χ2n) is 10.2. The van der Waals surface area contributed by atoms with Crippen LogP contribution in [0.15, 0.2) is 17.7 Å². The normalized spacial score (nSPS) is 38.0. The number of aliphatic hydroxyl groups excluding tert-OH is 2. The maximum atomic E-state index is 12.9. The minimum Gasteiger partial charge on any atom is -0.507 e. The number of ether oxygens (including phenoxy) is 1. The molecule has 3 aliphatic carbocycles. The van der Waals surface area contributed by atoms with Crippen LogP contribution in [0.5, 0.6) is 11.5 Å². The van der Waals surface area contributed by atoms with Gasteiger partial charge in [0.2, 0.25) is 0 Å². The van der Waals surface area contributed by atoms with Crippen LogP contribution in [0.3, 0.4) is 0 Å². The van der Waals surface area contributed by atoms with Gasteiger partial charge in [0.05, 0.1) is 17.7 Å². The molecule has 0 spiro atoms. The van der Waals surface area contributed by atoms with Gasteiger partial charge in [-0.05, 0) is 42.2 Å². The summed E-state index contributed by atoms with van der Waals surface area (Å²) in [6, 6.07) is 0.965.